The van der Waals surface area contributed by atoms with E-state index in [4.69, 9.17) is 5.73 Å². The maximum absolute atomic E-state index is 12.4. The molecule has 0 radical (unpaired) electrons. The number of hydrogen-bond acceptors (Lipinski definition) is 2. The molecule has 1 saturated carbocycles. The van der Waals surface area contributed by atoms with Crippen LogP contribution in [0.25, 0.3) is 0 Å². The Morgan fingerprint density at radius 2 is 1.65 bits per heavy atom. The zero-order valence-corrected chi connectivity index (χ0v) is 11.0. The van der Waals surface area contributed by atoms with E-state index in [0.717, 1.165) is 31.4 Å². The van der Waals surface area contributed by atoms with E-state index in [1.165, 1.54) is 12.1 Å². The zero-order valence-electron chi connectivity index (χ0n) is 11.0. The van der Waals surface area contributed by atoms with E-state index < -0.39 is 17.3 Å². The van der Waals surface area contributed by atoms with Crippen LogP contribution in [0, 0.1) is 0 Å². The molecule has 0 spiro atoms. The Labute approximate surface area is 115 Å². The summed E-state index contributed by atoms with van der Waals surface area (Å²) >= 11 is 0. The molecule has 0 atom stereocenters. The highest BCUT2D eigenvalue weighted by molar-refractivity contribution is 5.98. The summed E-state index contributed by atoms with van der Waals surface area (Å²) in [4.78, 5) is 12.1. The third kappa shape index (κ3) is 3.30. The molecule has 1 aliphatic rings. The quantitative estimate of drug-likeness (QED) is 0.876. The van der Waals surface area contributed by atoms with Crippen LogP contribution < -0.4 is 11.1 Å². The Balaban J connectivity index is 2.04. The molecule has 110 valence electrons. The minimum atomic E-state index is -4.37. The van der Waals surface area contributed by atoms with Gasteiger partial charge in [-0.15, -0.1) is 0 Å². The van der Waals surface area contributed by atoms with Gasteiger partial charge in [0.15, 0.2) is 0 Å². The number of halogens is 3. The summed E-state index contributed by atoms with van der Waals surface area (Å²) in [7, 11) is 0. The SMILES string of the molecule is NC1(C(=O)Nc2ccc(C(F)(F)F)cc2)CCCCC1. The van der Waals surface area contributed by atoms with Crippen LogP contribution in [0.1, 0.15) is 37.7 Å². The molecule has 1 aromatic rings. The first-order valence-electron chi connectivity index (χ1n) is 6.59. The number of carbonyl (C=O) groups is 1. The maximum Gasteiger partial charge on any atom is 0.416 e. The Morgan fingerprint density at radius 1 is 1.10 bits per heavy atom. The molecule has 2 rings (SSSR count). The molecular formula is C14H17F3N2O. The van der Waals surface area contributed by atoms with Crippen molar-refractivity contribution in [3.63, 3.8) is 0 Å². The predicted molar refractivity (Wildman–Crippen MR) is 70.1 cm³/mol. The van der Waals surface area contributed by atoms with Gasteiger partial charge in [0.1, 0.15) is 0 Å². The minimum absolute atomic E-state index is 0.322. The molecule has 1 aromatic carbocycles. The van der Waals surface area contributed by atoms with Crippen LogP contribution in [-0.4, -0.2) is 11.4 Å². The molecular weight excluding hydrogens is 269 g/mol. The third-order valence-electron chi connectivity index (χ3n) is 3.67. The monoisotopic (exact) mass is 286 g/mol. The van der Waals surface area contributed by atoms with Crippen LogP contribution in [0.15, 0.2) is 24.3 Å². The molecule has 3 nitrogen and oxygen atoms in total. The third-order valence-corrected chi connectivity index (χ3v) is 3.67. The first-order chi connectivity index (χ1) is 9.31. The molecule has 1 amide bonds. The van der Waals surface area contributed by atoms with Gasteiger partial charge in [0.05, 0.1) is 11.1 Å². The van der Waals surface area contributed by atoms with Crippen molar-refractivity contribution >= 4 is 11.6 Å². The largest absolute Gasteiger partial charge is 0.416 e. The predicted octanol–water partition coefficient (Wildman–Crippen LogP) is 3.31. The summed E-state index contributed by atoms with van der Waals surface area (Å²) in [6.45, 7) is 0. The number of alkyl halides is 3. The van der Waals surface area contributed by atoms with Gasteiger partial charge < -0.3 is 11.1 Å². The van der Waals surface area contributed by atoms with Gasteiger partial charge in [-0.2, -0.15) is 13.2 Å². The Kier molecular flexibility index (Phi) is 4.04. The Bertz CT molecular complexity index is 476. The van der Waals surface area contributed by atoms with Gasteiger partial charge in [-0.3, -0.25) is 4.79 Å². The van der Waals surface area contributed by atoms with Crippen molar-refractivity contribution in [1.82, 2.24) is 0 Å². The lowest BCUT2D eigenvalue weighted by molar-refractivity contribution is -0.137. The van der Waals surface area contributed by atoms with Crippen LogP contribution in [-0.2, 0) is 11.0 Å². The fraction of sp³-hybridized carbons (Fsp3) is 0.500. The lowest BCUT2D eigenvalue weighted by Crippen LogP contribution is -2.52. The number of hydrogen-bond donors (Lipinski definition) is 2. The second kappa shape index (κ2) is 5.44. The van der Waals surface area contributed by atoms with Crippen molar-refractivity contribution in [2.24, 2.45) is 5.73 Å². The van der Waals surface area contributed by atoms with E-state index in [0.29, 0.717) is 18.5 Å². The van der Waals surface area contributed by atoms with Gasteiger partial charge in [-0.25, -0.2) is 0 Å². The Hall–Kier alpha value is -1.56. The number of nitrogens with one attached hydrogen (secondary N) is 1. The second-order valence-electron chi connectivity index (χ2n) is 5.25. The van der Waals surface area contributed by atoms with Crippen molar-refractivity contribution in [2.45, 2.75) is 43.8 Å². The van der Waals surface area contributed by atoms with Gasteiger partial charge >= 0.3 is 6.18 Å². The van der Waals surface area contributed by atoms with Gasteiger partial charge in [-0.1, -0.05) is 19.3 Å². The minimum Gasteiger partial charge on any atom is -0.324 e. The number of carbonyl (C=O) groups excluding carboxylic acids is 1. The summed E-state index contributed by atoms with van der Waals surface area (Å²) in [6, 6.07) is 4.37. The van der Waals surface area contributed by atoms with Crippen LogP contribution in [0.3, 0.4) is 0 Å². The van der Waals surface area contributed by atoms with Crippen LogP contribution in [0.2, 0.25) is 0 Å². The van der Waals surface area contributed by atoms with E-state index in [1.54, 1.807) is 0 Å². The molecule has 1 fully saturated rings. The normalized spacial score (nSPS) is 18.6. The van der Waals surface area contributed by atoms with Gasteiger partial charge in [0, 0.05) is 5.69 Å². The summed E-state index contributed by atoms with van der Waals surface area (Å²) in [5, 5.41) is 2.60. The topological polar surface area (TPSA) is 55.1 Å². The summed E-state index contributed by atoms with van der Waals surface area (Å²) in [6.07, 6.45) is -0.291. The van der Waals surface area contributed by atoms with Crippen LogP contribution >= 0.6 is 0 Å². The second-order valence-corrected chi connectivity index (χ2v) is 5.25. The van der Waals surface area contributed by atoms with Crippen LogP contribution in [0.5, 0.6) is 0 Å². The summed E-state index contributed by atoms with van der Waals surface area (Å²) in [5.41, 5.74) is 4.75. The lowest BCUT2D eigenvalue weighted by atomic mass is 9.82. The van der Waals surface area contributed by atoms with Gasteiger partial charge in [-0.05, 0) is 37.1 Å². The highest BCUT2D eigenvalue weighted by Crippen LogP contribution is 2.30. The van der Waals surface area contributed by atoms with E-state index in [2.05, 4.69) is 5.32 Å². The Morgan fingerprint density at radius 3 is 2.15 bits per heavy atom. The molecule has 20 heavy (non-hydrogen) atoms. The van der Waals surface area contributed by atoms with Crippen molar-refractivity contribution in [3.05, 3.63) is 29.8 Å². The van der Waals surface area contributed by atoms with Gasteiger partial charge in [0.25, 0.3) is 0 Å². The molecule has 0 heterocycles. The fourth-order valence-electron chi connectivity index (χ4n) is 2.41. The summed E-state index contributed by atoms with van der Waals surface area (Å²) in [5.74, 6) is -0.322. The lowest BCUT2D eigenvalue weighted by Gasteiger charge is -2.31. The average Bonchev–Trinajstić information content (AvgIpc) is 2.39. The molecule has 0 unspecified atom stereocenters. The molecule has 6 heteroatoms. The average molecular weight is 286 g/mol. The van der Waals surface area contributed by atoms with E-state index >= 15 is 0 Å². The van der Waals surface area contributed by atoms with Crippen molar-refractivity contribution < 1.29 is 18.0 Å². The van der Waals surface area contributed by atoms with E-state index in [-0.39, 0.29) is 5.91 Å². The van der Waals surface area contributed by atoms with Crippen molar-refractivity contribution in [2.75, 3.05) is 5.32 Å². The molecule has 0 saturated heterocycles. The molecule has 0 aromatic heterocycles. The van der Waals surface area contributed by atoms with Crippen LogP contribution in [0.4, 0.5) is 18.9 Å². The molecule has 1 aliphatic carbocycles. The van der Waals surface area contributed by atoms with E-state index in [9.17, 15) is 18.0 Å². The smallest absolute Gasteiger partial charge is 0.324 e. The molecule has 0 aliphatic heterocycles. The first-order valence-corrected chi connectivity index (χ1v) is 6.59. The van der Waals surface area contributed by atoms with Crippen molar-refractivity contribution in [1.29, 1.82) is 0 Å². The molecule has 0 bridgehead atoms. The first kappa shape index (κ1) is 14.8. The van der Waals surface area contributed by atoms with Crippen molar-refractivity contribution in [3.8, 4) is 0 Å². The number of rotatable bonds is 2. The highest BCUT2D eigenvalue weighted by atomic mass is 19.4. The number of anilines is 1. The maximum atomic E-state index is 12.4. The summed E-state index contributed by atoms with van der Waals surface area (Å²) < 4.78 is 37.3. The zero-order chi connectivity index (χ0) is 14.8. The standard InChI is InChI=1S/C14H17F3N2O/c15-14(16,17)10-4-6-11(7-5-10)19-12(20)13(18)8-2-1-3-9-13/h4-7H,1-3,8-9,18H2,(H,19,20). The number of benzene rings is 1. The number of amides is 1. The molecule has 3 N–H and O–H groups in total. The van der Waals surface area contributed by atoms with Gasteiger partial charge in [0.2, 0.25) is 5.91 Å². The fourth-order valence-corrected chi connectivity index (χ4v) is 2.41. The van der Waals surface area contributed by atoms with E-state index in [1.807, 2.05) is 0 Å². The highest BCUT2D eigenvalue weighted by Gasteiger charge is 2.35. The number of nitrogens with two attached hydrogens (primary N) is 1.